The van der Waals surface area contributed by atoms with Gasteiger partial charge in [-0.15, -0.1) is 11.8 Å². The largest absolute Gasteiger partial charge is 0.322 e. The van der Waals surface area contributed by atoms with Gasteiger partial charge < -0.3 is 5.32 Å². The number of nitrogens with one attached hydrogen (secondary N) is 1. The maximum Gasteiger partial charge on any atom is 0.255 e. The highest BCUT2D eigenvalue weighted by Crippen LogP contribution is 2.42. The van der Waals surface area contributed by atoms with Crippen LogP contribution in [0.3, 0.4) is 0 Å². The smallest absolute Gasteiger partial charge is 0.255 e. The summed E-state index contributed by atoms with van der Waals surface area (Å²) in [6, 6.07) is 23.4. The van der Waals surface area contributed by atoms with Crippen LogP contribution in [0.25, 0.3) is 0 Å². The number of rotatable bonds is 5. The minimum absolute atomic E-state index is 0.0642. The zero-order valence-corrected chi connectivity index (χ0v) is 17.9. The summed E-state index contributed by atoms with van der Waals surface area (Å²) in [4.78, 5) is 26.9. The van der Waals surface area contributed by atoms with Gasteiger partial charge in [0.1, 0.15) is 5.37 Å². The molecule has 1 saturated heterocycles. The van der Waals surface area contributed by atoms with Crippen LogP contribution in [0.1, 0.15) is 39.3 Å². The highest BCUT2D eigenvalue weighted by molar-refractivity contribution is 8.00. The van der Waals surface area contributed by atoms with E-state index in [2.05, 4.69) is 12.2 Å². The fourth-order valence-corrected chi connectivity index (χ4v) is 4.73. The molecule has 1 heterocycles. The third kappa shape index (κ3) is 4.26. The van der Waals surface area contributed by atoms with Gasteiger partial charge in [0.05, 0.1) is 5.75 Å². The average molecular weight is 417 g/mol. The lowest BCUT2D eigenvalue weighted by molar-refractivity contribution is -0.115. The first kappa shape index (κ1) is 20.2. The van der Waals surface area contributed by atoms with Crippen LogP contribution in [0.2, 0.25) is 0 Å². The molecular weight excluding hydrogens is 392 g/mol. The van der Waals surface area contributed by atoms with Gasteiger partial charge in [0.15, 0.2) is 0 Å². The number of hydrogen-bond donors (Lipinski definition) is 1. The van der Waals surface area contributed by atoms with Crippen molar-refractivity contribution in [3.8, 4) is 0 Å². The molecule has 1 aliphatic rings. The highest BCUT2D eigenvalue weighted by atomic mass is 32.2. The highest BCUT2D eigenvalue weighted by Gasteiger charge is 2.34. The second-order valence-electron chi connectivity index (χ2n) is 7.39. The zero-order valence-electron chi connectivity index (χ0n) is 17.1. The molecule has 0 aliphatic carbocycles. The summed E-state index contributed by atoms with van der Waals surface area (Å²) in [6.45, 7) is 4.12. The van der Waals surface area contributed by atoms with E-state index in [9.17, 15) is 9.59 Å². The van der Waals surface area contributed by atoms with Crippen molar-refractivity contribution < 1.29 is 9.59 Å². The van der Waals surface area contributed by atoms with Gasteiger partial charge in [-0.05, 0) is 66.4 Å². The standard InChI is InChI=1S/C25H24N2O2S/c1-3-18-7-9-19(10-8-18)24(29)26-21-13-11-20(12-14-21)25-27(23(28)16-30-25)22-6-4-5-17(2)15-22/h4-15,25H,3,16H2,1-2H3,(H,26,29)/t25-/m0/s1. The molecule has 0 bridgehead atoms. The Kier molecular flexibility index (Phi) is 5.91. The summed E-state index contributed by atoms with van der Waals surface area (Å²) >= 11 is 1.62. The Morgan fingerprint density at radius 1 is 1.07 bits per heavy atom. The molecule has 0 saturated carbocycles. The maximum atomic E-state index is 12.5. The molecule has 0 radical (unpaired) electrons. The lowest BCUT2D eigenvalue weighted by Gasteiger charge is -2.25. The van der Waals surface area contributed by atoms with Crippen LogP contribution < -0.4 is 10.2 Å². The molecule has 4 rings (SSSR count). The van der Waals surface area contributed by atoms with E-state index in [1.165, 1.54) is 5.56 Å². The summed E-state index contributed by atoms with van der Waals surface area (Å²) in [5.41, 5.74) is 5.66. The molecule has 0 aromatic heterocycles. The number of amides is 2. The first-order valence-electron chi connectivity index (χ1n) is 10.1. The first-order chi connectivity index (χ1) is 14.5. The van der Waals surface area contributed by atoms with E-state index in [1.807, 2.05) is 84.6 Å². The summed E-state index contributed by atoms with van der Waals surface area (Å²) in [7, 11) is 0. The van der Waals surface area contributed by atoms with Crippen molar-refractivity contribution in [3.63, 3.8) is 0 Å². The number of anilines is 2. The Hall–Kier alpha value is -3.05. The molecule has 3 aromatic carbocycles. The molecule has 30 heavy (non-hydrogen) atoms. The van der Waals surface area contributed by atoms with Crippen LogP contribution in [0.4, 0.5) is 11.4 Å². The number of carbonyl (C=O) groups excluding carboxylic acids is 2. The minimum Gasteiger partial charge on any atom is -0.322 e. The van der Waals surface area contributed by atoms with E-state index >= 15 is 0 Å². The van der Waals surface area contributed by atoms with Gasteiger partial charge in [-0.3, -0.25) is 14.5 Å². The van der Waals surface area contributed by atoms with Crippen LogP contribution in [0.5, 0.6) is 0 Å². The van der Waals surface area contributed by atoms with Crippen LogP contribution >= 0.6 is 11.8 Å². The molecular formula is C25H24N2O2S. The molecule has 1 fully saturated rings. The predicted octanol–water partition coefficient (Wildman–Crippen LogP) is 5.59. The number of aryl methyl sites for hydroxylation is 2. The lowest BCUT2D eigenvalue weighted by atomic mass is 10.1. The number of hydrogen-bond acceptors (Lipinski definition) is 3. The Bertz CT molecular complexity index is 1060. The van der Waals surface area contributed by atoms with Crippen molar-refractivity contribution in [1.82, 2.24) is 0 Å². The first-order valence-corrected chi connectivity index (χ1v) is 11.1. The number of benzene rings is 3. The van der Waals surface area contributed by atoms with E-state index in [-0.39, 0.29) is 17.2 Å². The van der Waals surface area contributed by atoms with E-state index in [1.54, 1.807) is 11.8 Å². The van der Waals surface area contributed by atoms with Gasteiger partial charge in [0.25, 0.3) is 5.91 Å². The van der Waals surface area contributed by atoms with Gasteiger partial charge >= 0.3 is 0 Å². The average Bonchev–Trinajstić information content (AvgIpc) is 3.15. The quantitative estimate of drug-likeness (QED) is 0.590. The van der Waals surface area contributed by atoms with Gasteiger partial charge in [-0.1, -0.05) is 43.3 Å². The summed E-state index contributed by atoms with van der Waals surface area (Å²) < 4.78 is 0. The van der Waals surface area contributed by atoms with E-state index in [4.69, 9.17) is 0 Å². The molecule has 1 N–H and O–H groups in total. The van der Waals surface area contributed by atoms with Crippen molar-refractivity contribution in [2.75, 3.05) is 16.0 Å². The monoisotopic (exact) mass is 416 g/mol. The predicted molar refractivity (Wildman–Crippen MR) is 124 cm³/mol. The molecule has 1 atom stereocenters. The fraction of sp³-hybridized carbons (Fsp3) is 0.200. The Balaban J connectivity index is 1.49. The molecule has 2 amide bonds. The number of carbonyl (C=O) groups is 2. The van der Waals surface area contributed by atoms with E-state index < -0.39 is 0 Å². The molecule has 0 unspecified atom stereocenters. The maximum absolute atomic E-state index is 12.5. The van der Waals surface area contributed by atoms with Gasteiger partial charge in [-0.2, -0.15) is 0 Å². The van der Waals surface area contributed by atoms with Crippen molar-refractivity contribution in [3.05, 3.63) is 95.1 Å². The van der Waals surface area contributed by atoms with Crippen LogP contribution in [-0.4, -0.2) is 17.6 Å². The van der Waals surface area contributed by atoms with Crippen molar-refractivity contribution >= 4 is 35.0 Å². The SMILES string of the molecule is CCc1ccc(C(=O)Nc2ccc([C@@H]3SCC(=O)N3c3cccc(C)c3)cc2)cc1. The van der Waals surface area contributed by atoms with Crippen molar-refractivity contribution in [2.24, 2.45) is 0 Å². The molecule has 5 heteroatoms. The van der Waals surface area contributed by atoms with Crippen LogP contribution in [0.15, 0.2) is 72.8 Å². The van der Waals surface area contributed by atoms with Crippen molar-refractivity contribution in [2.45, 2.75) is 25.6 Å². The summed E-state index contributed by atoms with van der Waals surface area (Å²) in [5.74, 6) is 0.450. The molecule has 1 aliphatic heterocycles. The topological polar surface area (TPSA) is 49.4 Å². The molecule has 4 nitrogen and oxygen atoms in total. The molecule has 152 valence electrons. The third-order valence-corrected chi connectivity index (χ3v) is 6.44. The Morgan fingerprint density at radius 3 is 2.47 bits per heavy atom. The second kappa shape index (κ2) is 8.76. The number of nitrogens with zero attached hydrogens (tertiary/aromatic N) is 1. The normalized spacial score (nSPS) is 16.0. The van der Waals surface area contributed by atoms with Crippen molar-refractivity contribution in [1.29, 1.82) is 0 Å². The fourth-order valence-electron chi connectivity index (χ4n) is 3.55. The lowest BCUT2D eigenvalue weighted by Crippen LogP contribution is -2.27. The van der Waals surface area contributed by atoms with Gasteiger partial charge in [0.2, 0.25) is 5.91 Å². The van der Waals surface area contributed by atoms with Gasteiger partial charge in [-0.25, -0.2) is 0 Å². The van der Waals surface area contributed by atoms with E-state index in [0.29, 0.717) is 11.3 Å². The zero-order chi connectivity index (χ0) is 21.1. The Labute approximate surface area is 181 Å². The molecule has 0 spiro atoms. The van der Waals surface area contributed by atoms with Crippen LogP contribution in [0, 0.1) is 6.92 Å². The summed E-state index contributed by atoms with van der Waals surface area (Å²) in [6.07, 6.45) is 0.949. The Morgan fingerprint density at radius 2 is 1.80 bits per heavy atom. The van der Waals surface area contributed by atoms with Crippen LogP contribution in [-0.2, 0) is 11.2 Å². The summed E-state index contributed by atoms with van der Waals surface area (Å²) in [5, 5.41) is 2.88. The van der Waals surface area contributed by atoms with E-state index in [0.717, 1.165) is 28.9 Å². The third-order valence-electron chi connectivity index (χ3n) is 5.23. The second-order valence-corrected chi connectivity index (χ2v) is 8.46. The number of thioether (sulfide) groups is 1. The van der Waals surface area contributed by atoms with Gasteiger partial charge in [0, 0.05) is 16.9 Å². The minimum atomic E-state index is -0.128. The molecule has 3 aromatic rings.